The van der Waals surface area contributed by atoms with Crippen molar-refractivity contribution in [2.45, 2.75) is 61.3 Å². The Morgan fingerprint density at radius 2 is 1.62 bits per heavy atom. The van der Waals surface area contributed by atoms with Crippen LogP contribution in [0.5, 0.6) is 0 Å². The molecule has 2 aromatic heterocycles. The number of aromatic amines is 1. The summed E-state index contributed by atoms with van der Waals surface area (Å²) in [6, 6.07) is 1.90. The van der Waals surface area contributed by atoms with Gasteiger partial charge in [0.1, 0.15) is 10.4 Å². The molecule has 0 spiro atoms. The van der Waals surface area contributed by atoms with Crippen LogP contribution in [0.25, 0.3) is 11.2 Å². The smallest absolute Gasteiger partial charge is 0.310 e. The molecule has 39 heavy (non-hydrogen) atoms. The zero-order valence-electron chi connectivity index (χ0n) is 21.3. The minimum atomic E-state index is -9.88. The topological polar surface area (TPSA) is 91.1 Å². The number of nitrogen functional groups attached to an aromatic ring is 1. The third-order valence-corrected chi connectivity index (χ3v) is 9.51. The van der Waals surface area contributed by atoms with E-state index in [1.165, 1.54) is 17.7 Å². The first-order chi connectivity index (χ1) is 18.3. The number of aromatic nitrogens is 3. The quantitative estimate of drug-likeness (QED) is 0.268. The summed E-state index contributed by atoms with van der Waals surface area (Å²) in [5, 5.41) is 0. The van der Waals surface area contributed by atoms with E-state index < -0.39 is 26.7 Å². The van der Waals surface area contributed by atoms with E-state index in [0.717, 1.165) is 60.5 Å². The summed E-state index contributed by atoms with van der Waals surface area (Å²) in [6.45, 7) is 2.89. The van der Waals surface area contributed by atoms with Crippen LogP contribution in [0, 0.1) is 0 Å². The number of carbonyl (C=O) groups is 1. The highest BCUT2D eigenvalue weighted by Gasteiger charge is 2.65. The maximum absolute atomic E-state index is 13.1. The van der Waals surface area contributed by atoms with Crippen molar-refractivity contribution in [1.29, 1.82) is 0 Å². The van der Waals surface area contributed by atoms with Gasteiger partial charge in [-0.2, -0.15) is 0 Å². The first kappa shape index (κ1) is 26.3. The van der Waals surface area contributed by atoms with E-state index in [2.05, 4.69) is 14.9 Å². The predicted molar refractivity (Wildman–Crippen MR) is 141 cm³/mol. The van der Waals surface area contributed by atoms with E-state index in [-0.39, 0.29) is 23.6 Å². The summed E-state index contributed by atoms with van der Waals surface area (Å²) in [7, 11) is -9.88. The third kappa shape index (κ3) is 5.30. The van der Waals surface area contributed by atoms with E-state index in [4.69, 9.17) is 10.7 Å². The molecule has 13 heteroatoms. The van der Waals surface area contributed by atoms with Crippen LogP contribution in [0.4, 0.5) is 25.1 Å². The number of carbonyl (C=O) groups excluding carboxylic acids is 1. The SMILES string of the molecule is Nc1cc(S(F)(F)(F)(F)F)ccc1C(=O)N1CCC(c2c[nH]c3ncc(C4CCN(C5CC5)CC4)nc23)CC1. The third-order valence-electron chi connectivity index (χ3n) is 8.36. The van der Waals surface area contributed by atoms with Gasteiger partial charge in [0.05, 0.1) is 17.5 Å². The molecular formula is C26H31F5N6OS. The molecule has 7 nitrogen and oxygen atoms in total. The molecule has 2 saturated heterocycles. The number of piperidine rings is 2. The van der Waals surface area contributed by atoms with Gasteiger partial charge in [0.2, 0.25) is 0 Å². The van der Waals surface area contributed by atoms with Crippen LogP contribution in [0.1, 0.15) is 72.0 Å². The molecule has 1 saturated carbocycles. The summed E-state index contributed by atoms with van der Waals surface area (Å²) in [5.74, 6) is -0.0646. The number of benzene rings is 1. The van der Waals surface area contributed by atoms with E-state index in [9.17, 15) is 24.2 Å². The van der Waals surface area contributed by atoms with Crippen molar-refractivity contribution >= 4 is 33.0 Å². The number of nitrogens with zero attached hydrogens (tertiary/aromatic N) is 4. The number of halogens is 5. The fraction of sp³-hybridized carbons (Fsp3) is 0.500. The van der Waals surface area contributed by atoms with Crippen molar-refractivity contribution in [3.63, 3.8) is 0 Å². The Kier molecular flexibility index (Phi) is 5.75. The Morgan fingerprint density at radius 3 is 2.23 bits per heavy atom. The van der Waals surface area contributed by atoms with Gasteiger partial charge in [-0.25, -0.2) is 9.97 Å². The molecule has 0 atom stereocenters. The zero-order valence-corrected chi connectivity index (χ0v) is 22.1. The van der Waals surface area contributed by atoms with Crippen LogP contribution in [0.3, 0.4) is 0 Å². The summed E-state index contributed by atoms with van der Waals surface area (Å²) < 4.78 is 65.6. The monoisotopic (exact) mass is 570 g/mol. The van der Waals surface area contributed by atoms with Gasteiger partial charge in [0, 0.05) is 42.5 Å². The lowest BCUT2D eigenvalue weighted by Crippen LogP contribution is -2.38. The molecule has 212 valence electrons. The minimum absolute atomic E-state index is 0.122. The normalized spacial score (nSPS) is 22.1. The van der Waals surface area contributed by atoms with Gasteiger partial charge in [0.15, 0.2) is 5.65 Å². The second-order valence-corrected chi connectivity index (χ2v) is 13.5. The van der Waals surface area contributed by atoms with Gasteiger partial charge < -0.3 is 20.5 Å². The fourth-order valence-electron chi connectivity index (χ4n) is 5.97. The van der Waals surface area contributed by atoms with Crippen molar-refractivity contribution < 1.29 is 24.2 Å². The van der Waals surface area contributed by atoms with Crippen molar-refractivity contribution in [3.8, 4) is 0 Å². The number of likely N-dealkylation sites (tertiary alicyclic amines) is 2. The molecule has 2 aliphatic heterocycles. The standard InChI is InChI=1S/C26H31F5N6OS/c27-39(28,29,30,31)19-3-4-20(22(32)13-19)26(38)37-11-5-16(6-12-37)21-14-33-25-24(21)35-23(15-34-25)17-7-9-36(10-8-17)18-1-2-18/h3-4,13-18H,1-2,5-12,32H2,(H,33,34). The van der Waals surface area contributed by atoms with Crippen LogP contribution in [0.15, 0.2) is 35.5 Å². The number of fused-ring (bicyclic) bond motifs is 1. The number of anilines is 1. The Balaban J connectivity index is 1.13. The minimum Gasteiger partial charge on any atom is -0.398 e. The van der Waals surface area contributed by atoms with Crippen molar-refractivity contribution in [3.05, 3.63) is 47.4 Å². The second-order valence-electron chi connectivity index (χ2n) is 11.1. The average Bonchev–Trinajstić information content (AvgIpc) is 3.66. The molecule has 0 radical (unpaired) electrons. The van der Waals surface area contributed by atoms with Gasteiger partial charge >= 0.3 is 10.2 Å². The van der Waals surface area contributed by atoms with E-state index in [1.54, 1.807) is 0 Å². The number of amides is 1. The Labute approximate surface area is 222 Å². The predicted octanol–water partition coefficient (Wildman–Crippen LogP) is 6.56. The molecule has 1 amide bonds. The average molecular weight is 571 g/mol. The zero-order chi connectivity index (χ0) is 27.6. The number of hydrogen-bond donors (Lipinski definition) is 2. The first-order valence-corrected chi connectivity index (χ1v) is 15.2. The van der Waals surface area contributed by atoms with Crippen LogP contribution in [0.2, 0.25) is 0 Å². The van der Waals surface area contributed by atoms with Crippen LogP contribution < -0.4 is 5.73 Å². The highest BCUT2D eigenvalue weighted by Crippen LogP contribution is 3.02. The fourth-order valence-corrected chi connectivity index (χ4v) is 6.65. The van der Waals surface area contributed by atoms with Crippen LogP contribution in [-0.2, 0) is 0 Å². The Bertz CT molecular complexity index is 1430. The summed E-state index contributed by atoms with van der Waals surface area (Å²) in [6.07, 6.45) is 9.79. The Hall–Kier alpha value is -2.93. The maximum atomic E-state index is 13.1. The van der Waals surface area contributed by atoms with Crippen molar-refractivity contribution in [2.75, 3.05) is 31.9 Å². The number of nitrogens with one attached hydrogen (secondary N) is 1. The molecule has 3 fully saturated rings. The Morgan fingerprint density at radius 1 is 0.949 bits per heavy atom. The lowest BCUT2D eigenvalue weighted by Gasteiger charge is -2.40. The molecule has 1 aliphatic carbocycles. The molecule has 3 N–H and O–H groups in total. The number of rotatable bonds is 5. The summed E-state index contributed by atoms with van der Waals surface area (Å²) in [4.78, 5) is 27.8. The van der Waals surface area contributed by atoms with E-state index in [1.807, 2.05) is 12.4 Å². The van der Waals surface area contributed by atoms with Crippen LogP contribution in [-0.4, -0.2) is 62.9 Å². The number of nitrogens with two attached hydrogens (primary N) is 1. The highest BCUT2D eigenvalue weighted by atomic mass is 32.5. The van der Waals surface area contributed by atoms with Gasteiger partial charge in [-0.15, -0.1) is 0 Å². The summed E-state index contributed by atoms with van der Waals surface area (Å²) >= 11 is 0. The number of H-pyrrole nitrogens is 1. The maximum Gasteiger partial charge on any atom is 0.310 e. The van der Waals surface area contributed by atoms with Crippen molar-refractivity contribution in [1.82, 2.24) is 24.8 Å². The molecule has 1 aromatic carbocycles. The molecule has 3 aromatic rings. The van der Waals surface area contributed by atoms with Gasteiger partial charge in [-0.1, -0.05) is 19.4 Å². The lowest BCUT2D eigenvalue weighted by atomic mass is 9.90. The van der Waals surface area contributed by atoms with E-state index >= 15 is 0 Å². The molecule has 0 unspecified atom stereocenters. The van der Waals surface area contributed by atoms with Gasteiger partial charge in [-0.05, 0) is 75.7 Å². The second kappa shape index (κ2) is 8.53. The lowest BCUT2D eigenvalue weighted by molar-refractivity contribution is 0.0714. The molecule has 4 heterocycles. The van der Waals surface area contributed by atoms with Gasteiger partial charge in [0.25, 0.3) is 5.91 Å². The van der Waals surface area contributed by atoms with Gasteiger partial charge in [-0.3, -0.25) is 4.79 Å². The molecular weight excluding hydrogens is 539 g/mol. The molecule has 3 aliphatic rings. The molecule has 6 rings (SSSR count). The van der Waals surface area contributed by atoms with Crippen molar-refractivity contribution in [2.24, 2.45) is 0 Å². The van der Waals surface area contributed by atoms with E-state index in [0.29, 0.717) is 31.8 Å². The number of hydrogen-bond acceptors (Lipinski definition) is 5. The summed E-state index contributed by atoms with van der Waals surface area (Å²) in [5.41, 5.74) is 8.42. The molecule has 0 bridgehead atoms. The van der Waals surface area contributed by atoms with Crippen LogP contribution >= 0.6 is 10.2 Å². The highest BCUT2D eigenvalue weighted by molar-refractivity contribution is 8.45. The first-order valence-electron chi connectivity index (χ1n) is 13.3. The largest absolute Gasteiger partial charge is 0.398 e.